The highest BCUT2D eigenvalue weighted by Crippen LogP contribution is 2.14. The number of rotatable bonds is 5. The third kappa shape index (κ3) is 4.17. The number of aryl methyl sites for hydroxylation is 1. The summed E-state index contributed by atoms with van der Waals surface area (Å²) in [6.45, 7) is 2.26. The van der Waals surface area contributed by atoms with Crippen molar-refractivity contribution >= 4 is 22.9 Å². The van der Waals surface area contributed by atoms with Gasteiger partial charge in [-0.15, -0.1) is 0 Å². The molecule has 1 aromatic heterocycles. The average molecular weight is 396 g/mol. The van der Waals surface area contributed by atoms with Crippen LogP contribution < -0.4 is 11.0 Å². The Labute approximate surface area is 173 Å². The third-order valence-electron chi connectivity index (χ3n) is 4.68. The van der Waals surface area contributed by atoms with Gasteiger partial charge in [0.05, 0.1) is 18.1 Å². The lowest BCUT2D eigenvalue weighted by Gasteiger charge is -2.10. The summed E-state index contributed by atoms with van der Waals surface area (Å²) in [7, 11) is 0. The Hall–Kier alpha value is -4.06. The maximum Gasteiger partial charge on any atom is 0.292 e. The number of nitrogens with one attached hydrogen (secondary N) is 1. The van der Waals surface area contributed by atoms with Crippen molar-refractivity contribution in [2.24, 2.45) is 5.10 Å². The summed E-state index contributed by atoms with van der Waals surface area (Å²) < 4.78 is 1.32. The number of carbonyl (C=O) groups excluding carboxylic acids is 1. The van der Waals surface area contributed by atoms with Gasteiger partial charge in [-0.2, -0.15) is 10.2 Å². The largest absolute Gasteiger partial charge is 0.292 e. The van der Waals surface area contributed by atoms with Gasteiger partial charge in [0.1, 0.15) is 0 Å². The van der Waals surface area contributed by atoms with E-state index in [1.165, 1.54) is 4.68 Å². The van der Waals surface area contributed by atoms with E-state index in [9.17, 15) is 9.59 Å². The molecule has 148 valence electrons. The number of fused-ring (bicyclic) bond motifs is 1. The molecular weight excluding hydrogens is 376 g/mol. The second-order valence-electron chi connectivity index (χ2n) is 6.96. The lowest BCUT2D eigenvalue weighted by molar-refractivity contribution is 0.0949. The highest BCUT2D eigenvalue weighted by Gasteiger charge is 2.16. The van der Waals surface area contributed by atoms with E-state index in [1.54, 1.807) is 30.5 Å². The first-order valence-electron chi connectivity index (χ1n) is 9.56. The van der Waals surface area contributed by atoms with Gasteiger partial charge >= 0.3 is 0 Å². The van der Waals surface area contributed by atoms with Crippen molar-refractivity contribution in [2.75, 3.05) is 0 Å². The molecule has 0 spiro atoms. The molecule has 4 aromatic rings. The van der Waals surface area contributed by atoms with E-state index in [0.29, 0.717) is 10.8 Å². The predicted octanol–water partition coefficient (Wildman–Crippen LogP) is 3.52. The summed E-state index contributed by atoms with van der Waals surface area (Å²) in [6, 6.07) is 24.3. The fourth-order valence-electron chi connectivity index (χ4n) is 3.24. The summed E-state index contributed by atoms with van der Waals surface area (Å²) in [5, 5.41) is 9.34. The van der Waals surface area contributed by atoms with Crippen LogP contribution in [0.2, 0.25) is 0 Å². The van der Waals surface area contributed by atoms with E-state index >= 15 is 0 Å². The Morgan fingerprint density at radius 1 is 1.00 bits per heavy atom. The Morgan fingerprint density at radius 2 is 1.73 bits per heavy atom. The summed E-state index contributed by atoms with van der Waals surface area (Å²) in [4.78, 5) is 25.7. The van der Waals surface area contributed by atoms with Gasteiger partial charge < -0.3 is 0 Å². The summed E-state index contributed by atoms with van der Waals surface area (Å²) >= 11 is 0. The number of amides is 1. The second-order valence-corrected chi connectivity index (χ2v) is 6.96. The molecule has 3 aromatic carbocycles. The lowest BCUT2D eigenvalue weighted by Crippen LogP contribution is -2.29. The van der Waals surface area contributed by atoms with Gasteiger partial charge in [-0.1, -0.05) is 78.4 Å². The average Bonchev–Trinajstić information content (AvgIpc) is 2.76. The zero-order valence-electron chi connectivity index (χ0n) is 16.4. The van der Waals surface area contributed by atoms with Gasteiger partial charge in [-0.3, -0.25) is 9.59 Å². The molecule has 0 radical (unpaired) electrons. The van der Waals surface area contributed by atoms with Crippen LogP contribution in [0.25, 0.3) is 10.8 Å². The summed E-state index contributed by atoms with van der Waals surface area (Å²) in [6.07, 6.45) is 1.58. The molecule has 30 heavy (non-hydrogen) atoms. The summed E-state index contributed by atoms with van der Waals surface area (Å²) in [5.74, 6) is -0.475. The number of hydrogen-bond donors (Lipinski definition) is 1. The van der Waals surface area contributed by atoms with E-state index in [4.69, 9.17) is 0 Å². The lowest BCUT2D eigenvalue weighted by atomic mass is 10.1. The van der Waals surface area contributed by atoms with Crippen LogP contribution in [0.15, 0.2) is 88.8 Å². The van der Waals surface area contributed by atoms with E-state index < -0.39 is 5.91 Å². The molecule has 0 unspecified atom stereocenters. The Kier molecular flexibility index (Phi) is 5.48. The van der Waals surface area contributed by atoms with Crippen molar-refractivity contribution in [3.05, 3.63) is 112 Å². The van der Waals surface area contributed by atoms with Crippen molar-refractivity contribution in [2.45, 2.75) is 13.5 Å². The number of hydrogen-bond acceptors (Lipinski definition) is 4. The molecule has 1 N–H and O–H groups in total. The Balaban J connectivity index is 1.67. The number of hydrazone groups is 1. The molecular formula is C24H20N4O2. The molecule has 6 heteroatoms. The van der Waals surface area contributed by atoms with Crippen LogP contribution in [0.1, 0.15) is 27.2 Å². The number of benzene rings is 3. The summed E-state index contributed by atoms with van der Waals surface area (Å²) in [5.41, 5.74) is 5.34. The minimum Gasteiger partial charge on any atom is -0.267 e. The van der Waals surface area contributed by atoms with Crippen LogP contribution in [0.5, 0.6) is 0 Å². The van der Waals surface area contributed by atoms with Crippen LogP contribution >= 0.6 is 0 Å². The van der Waals surface area contributed by atoms with Crippen LogP contribution in [0.4, 0.5) is 0 Å². The maximum atomic E-state index is 12.9. The van der Waals surface area contributed by atoms with Gasteiger partial charge in [0, 0.05) is 5.39 Å². The zero-order valence-corrected chi connectivity index (χ0v) is 16.4. The van der Waals surface area contributed by atoms with Gasteiger partial charge in [0.2, 0.25) is 0 Å². The molecule has 0 saturated carbocycles. The monoisotopic (exact) mass is 396 g/mol. The van der Waals surface area contributed by atoms with Crippen molar-refractivity contribution in [3.63, 3.8) is 0 Å². The van der Waals surface area contributed by atoms with Crippen molar-refractivity contribution in [3.8, 4) is 0 Å². The van der Waals surface area contributed by atoms with Gasteiger partial charge in [-0.25, -0.2) is 10.1 Å². The number of nitrogens with zero attached hydrogens (tertiary/aromatic N) is 3. The standard InChI is InChI=1S/C24H20N4O2/c1-17-8-7-11-19(14-17)15-25-26-23(29)22-20-12-5-6-13-21(20)24(30)28(27-22)16-18-9-3-2-4-10-18/h2-15H,16H2,1H3,(H,26,29)/b25-15-. The normalized spacial score (nSPS) is 11.1. The van der Waals surface area contributed by atoms with Crippen LogP contribution in [0, 0.1) is 6.92 Å². The molecule has 6 nitrogen and oxygen atoms in total. The molecule has 0 bridgehead atoms. The van der Waals surface area contributed by atoms with E-state index in [2.05, 4.69) is 15.6 Å². The zero-order chi connectivity index (χ0) is 20.9. The smallest absolute Gasteiger partial charge is 0.267 e. The maximum absolute atomic E-state index is 12.9. The fourth-order valence-corrected chi connectivity index (χ4v) is 3.24. The first kappa shape index (κ1) is 19.3. The Bertz CT molecular complexity index is 1290. The SMILES string of the molecule is Cc1cccc(/C=N\NC(=O)c2nn(Cc3ccccc3)c(=O)c3ccccc23)c1. The predicted molar refractivity (Wildman–Crippen MR) is 118 cm³/mol. The minimum absolute atomic E-state index is 0.155. The molecule has 0 saturated heterocycles. The van der Waals surface area contributed by atoms with E-state index in [1.807, 2.05) is 61.5 Å². The first-order valence-corrected chi connectivity index (χ1v) is 9.56. The van der Waals surface area contributed by atoms with Gasteiger partial charge in [0.15, 0.2) is 5.69 Å². The quantitative estimate of drug-likeness (QED) is 0.414. The van der Waals surface area contributed by atoms with Crippen LogP contribution in [0.3, 0.4) is 0 Å². The van der Waals surface area contributed by atoms with Gasteiger partial charge in [-0.05, 0) is 24.1 Å². The van der Waals surface area contributed by atoms with Crippen molar-refractivity contribution < 1.29 is 4.79 Å². The first-order chi connectivity index (χ1) is 14.6. The second kappa shape index (κ2) is 8.53. The minimum atomic E-state index is -0.475. The Morgan fingerprint density at radius 3 is 2.50 bits per heavy atom. The molecule has 0 aliphatic carbocycles. The molecule has 0 aliphatic heterocycles. The molecule has 0 fully saturated rings. The molecule has 1 amide bonds. The van der Waals surface area contributed by atoms with Crippen molar-refractivity contribution in [1.82, 2.24) is 15.2 Å². The molecule has 0 aliphatic rings. The topological polar surface area (TPSA) is 76.3 Å². The number of aromatic nitrogens is 2. The molecule has 1 heterocycles. The van der Waals surface area contributed by atoms with Gasteiger partial charge in [0.25, 0.3) is 11.5 Å². The third-order valence-corrected chi connectivity index (χ3v) is 4.68. The highest BCUT2D eigenvalue weighted by atomic mass is 16.2. The van der Waals surface area contributed by atoms with Crippen LogP contribution in [-0.4, -0.2) is 21.9 Å². The van der Waals surface area contributed by atoms with Crippen LogP contribution in [-0.2, 0) is 6.54 Å². The number of carbonyl (C=O) groups is 1. The van der Waals surface area contributed by atoms with E-state index in [-0.39, 0.29) is 17.8 Å². The van der Waals surface area contributed by atoms with E-state index in [0.717, 1.165) is 16.7 Å². The molecule has 0 atom stereocenters. The fraction of sp³-hybridized carbons (Fsp3) is 0.0833. The van der Waals surface area contributed by atoms with Crippen molar-refractivity contribution in [1.29, 1.82) is 0 Å². The highest BCUT2D eigenvalue weighted by molar-refractivity contribution is 6.04. The molecule has 4 rings (SSSR count).